The lowest BCUT2D eigenvalue weighted by atomic mass is 10.0. The highest BCUT2D eigenvalue weighted by atomic mass is 32.1. The van der Waals surface area contributed by atoms with Gasteiger partial charge in [0.1, 0.15) is 16.7 Å². The van der Waals surface area contributed by atoms with Gasteiger partial charge in [0.05, 0.1) is 19.9 Å². The highest BCUT2D eigenvalue weighted by Gasteiger charge is 2.18. The Labute approximate surface area is 182 Å². The Hall–Kier alpha value is -3.62. The molecule has 0 unspecified atom stereocenters. The molecule has 3 heterocycles. The summed E-state index contributed by atoms with van der Waals surface area (Å²) in [5.74, 6) is -0.548. The summed E-state index contributed by atoms with van der Waals surface area (Å²) in [6.45, 7) is 1.96. The molecular formula is C23H13N3O3S2. The van der Waals surface area contributed by atoms with E-state index < -0.39 is 11.5 Å². The van der Waals surface area contributed by atoms with Crippen molar-refractivity contribution in [3.05, 3.63) is 75.6 Å². The third kappa shape index (κ3) is 2.91. The summed E-state index contributed by atoms with van der Waals surface area (Å²) in [5.41, 5.74) is 1.35. The first-order valence-corrected chi connectivity index (χ1v) is 11.1. The number of rotatable bonds is 2. The molecule has 0 atom stereocenters. The van der Waals surface area contributed by atoms with Crippen LogP contribution in [0.2, 0.25) is 0 Å². The number of nitrogens with zero attached hydrogens (tertiary/aromatic N) is 2. The van der Waals surface area contributed by atoms with Crippen LogP contribution in [0.1, 0.15) is 15.4 Å². The van der Waals surface area contributed by atoms with Crippen LogP contribution in [-0.2, 0) is 0 Å². The van der Waals surface area contributed by atoms with E-state index in [2.05, 4.69) is 15.3 Å². The van der Waals surface area contributed by atoms with Crippen LogP contribution in [0.5, 0.6) is 0 Å². The van der Waals surface area contributed by atoms with Crippen LogP contribution in [0.3, 0.4) is 0 Å². The summed E-state index contributed by atoms with van der Waals surface area (Å²) < 4.78 is 7.43. The van der Waals surface area contributed by atoms with Crippen molar-refractivity contribution in [2.75, 3.05) is 5.32 Å². The zero-order valence-electron chi connectivity index (χ0n) is 16.1. The molecule has 0 fully saturated rings. The highest BCUT2D eigenvalue weighted by molar-refractivity contribution is 7.24. The molecule has 0 spiro atoms. The topological polar surface area (TPSA) is 85.1 Å². The van der Waals surface area contributed by atoms with E-state index in [0.29, 0.717) is 16.1 Å². The number of hydrogen-bond donors (Lipinski definition) is 1. The van der Waals surface area contributed by atoms with Crippen LogP contribution in [0.15, 0.2) is 63.8 Å². The molecule has 6 rings (SSSR count). The van der Waals surface area contributed by atoms with E-state index in [0.717, 1.165) is 36.2 Å². The van der Waals surface area contributed by atoms with Crippen molar-refractivity contribution in [2.45, 2.75) is 6.92 Å². The largest absolute Gasteiger partial charge is 0.422 e. The van der Waals surface area contributed by atoms with Crippen LogP contribution in [0.4, 0.5) is 5.13 Å². The Morgan fingerprint density at radius 3 is 2.77 bits per heavy atom. The summed E-state index contributed by atoms with van der Waals surface area (Å²) in [5, 5.41) is 6.78. The van der Waals surface area contributed by atoms with Crippen LogP contribution in [0, 0.1) is 6.92 Å². The van der Waals surface area contributed by atoms with Crippen molar-refractivity contribution < 1.29 is 9.21 Å². The molecule has 0 saturated heterocycles. The Balaban J connectivity index is 1.44. The third-order valence-corrected chi connectivity index (χ3v) is 7.06. The molecule has 3 aromatic heterocycles. The van der Waals surface area contributed by atoms with Gasteiger partial charge in [-0.05, 0) is 42.0 Å². The fourth-order valence-corrected chi connectivity index (χ4v) is 5.59. The predicted molar refractivity (Wildman–Crippen MR) is 125 cm³/mol. The molecule has 0 aliphatic heterocycles. The minimum Gasteiger partial charge on any atom is -0.422 e. The number of benzene rings is 3. The molecule has 150 valence electrons. The minimum atomic E-state index is -0.682. The Morgan fingerprint density at radius 1 is 1.00 bits per heavy atom. The van der Waals surface area contributed by atoms with Crippen LogP contribution in [0.25, 0.3) is 42.2 Å². The second-order valence-electron chi connectivity index (χ2n) is 7.11. The summed E-state index contributed by atoms with van der Waals surface area (Å²) in [6.07, 6.45) is 0. The number of nitrogens with one attached hydrogen (secondary N) is 1. The molecular weight excluding hydrogens is 430 g/mol. The van der Waals surface area contributed by atoms with Gasteiger partial charge < -0.3 is 4.42 Å². The predicted octanol–water partition coefficient (Wildman–Crippen LogP) is 5.73. The maximum atomic E-state index is 12.9. The molecule has 0 aliphatic carbocycles. The molecule has 6 aromatic rings. The molecule has 0 aliphatic rings. The zero-order chi connectivity index (χ0) is 21.1. The average molecular weight is 444 g/mol. The molecule has 0 radical (unpaired) electrons. The summed E-state index contributed by atoms with van der Waals surface area (Å²) >= 11 is 2.96. The number of carbonyl (C=O) groups is 1. The van der Waals surface area contributed by atoms with Crippen molar-refractivity contribution >= 4 is 75.9 Å². The molecule has 0 bridgehead atoms. The van der Waals surface area contributed by atoms with Gasteiger partial charge in [0, 0.05) is 5.39 Å². The van der Waals surface area contributed by atoms with E-state index in [-0.39, 0.29) is 5.56 Å². The van der Waals surface area contributed by atoms with Crippen molar-refractivity contribution in [2.24, 2.45) is 0 Å². The summed E-state index contributed by atoms with van der Waals surface area (Å²) in [4.78, 5) is 34.5. The van der Waals surface area contributed by atoms with Gasteiger partial charge in [-0.2, -0.15) is 0 Å². The molecule has 1 amide bonds. The molecule has 8 heteroatoms. The summed E-state index contributed by atoms with van der Waals surface area (Å²) in [7, 11) is 0. The molecule has 3 aromatic carbocycles. The quantitative estimate of drug-likeness (QED) is 0.273. The average Bonchev–Trinajstić information content (AvgIpc) is 3.34. The first-order chi connectivity index (χ1) is 15.1. The maximum Gasteiger partial charge on any atom is 0.349 e. The van der Waals surface area contributed by atoms with Crippen molar-refractivity contribution in [1.29, 1.82) is 0 Å². The fourth-order valence-electron chi connectivity index (χ4n) is 3.74. The number of carbonyl (C=O) groups excluding carboxylic acids is 1. The van der Waals surface area contributed by atoms with Gasteiger partial charge in [-0.3, -0.25) is 10.1 Å². The van der Waals surface area contributed by atoms with E-state index in [1.165, 1.54) is 11.3 Å². The summed E-state index contributed by atoms with van der Waals surface area (Å²) in [6, 6.07) is 16.9. The van der Waals surface area contributed by atoms with Crippen molar-refractivity contribution in [1.82, 2.24) is 9.97 Å². The van der Waals surface area contributed by atoms with Crippen LogP contribution < -0.4 is 10.9 Å². The Bertz CT molecular complexity index is 1730. The molecule has 1 N–H and O–H groups in total. The number of aryl methyl sites for hydroxylation is 1. The smallest absolute Gasteiger partial charge is 0.349 e. The second-order valence-corrected chi connectivity index (χ2v) is 9.35. The van der Waals surface area contributed by atoms with Gasteiger partial charge in [-0.15, -0.1) is 11.3 Å². The van der Waals surface area contributed by atoms with E-state index in [1.54, 1.807) is 23.5 Å². The van der Waals surface area contributed by atoms with Gasteiger partial charge in [0.25, 0.3) is 5.91 Å². The standard InChI is InChI=1S/C23H13N3O3S2/c1-11-24-19-18(30-11)9-7-16-20(19)31-23(25-16)26-21(27)15-10-14-13-5-3-2-4-12(13)6-8-17(14)29-22(15)28/h2-10H,1H3,(H,25,26,27). The van der Waals surface area contributed by atoms with E-state index in [9.17, 15) is 9.59 Å². The number of amides is 1. The Morgan fingerprint density at radius 2 is 1.87 bits per heavy atom. The number of hydrogen-bond acceptors (Lipinski definition) is 7. The van der Waals surface area contributed by atoms with Crippen molar-refractivity contribution in [3.63, 3.8) is 0 Å². The normalized spacial score (nSPS) is 11.6. The van der Waals surface area contributed by atoms with E-state index in [4.69, 9.17) is 4.42 Å². The number of thiazole rings is 2. The zero-order valence-corrected chi connectivity index (χ0v) is 17.8. The van der Waals surface area contributed by atoms with E-state index >= 15 is 0 Å². The fraction of sp³-hybridized carbons (Fsp3) is 0.0435. The lowest BCUT2D eigenvalue weighted by Gasteiger charge is -2.05. The van der Waals surface area contributed by atoms with Gasteiger partial charge in [-0.25, -0.2) is 14.8 Å². The first-order valence-electron chi connectivity index (χ1n) is 9.50. The number of anilines is 1. The van der Waals surface area contributed by atoms with E-state index in [1.807, 2.05) is 49.4 Å². The SMILES string of the molecule is Cc1nc2c(ccc3nc(NC(=O)c4cc5c(ccc6ccccc65)oc4=O)sc32)s1. The number of aromatic nitrogens is 2. The molecule has 31 heavy (non-hydrogen) atoms. The van der Waals surface area contributed by atoms with Gasteiger partial charge in [0.15, 0.2) is 5.13 Å². The monoisotopic (exact) mass is 443 g/mol. The lowest BCUT2D eigenvalue weighted by molar-refractivity contribution is 0.102. The van der Waals surface area contributed by atoms with Gasteiger partial charge in [-0.1, -0.05) is 41.7 Å². The molecule has 0 saturated carbocycles. The minimum absolute atomic E-state index is 0.0576. The van der Waals surface area contributed by atoms with Gasteiger partial charge in [0.2, 0.25) is 0 Å². The Kier molecular flexibility index (Phi) is 3.92. The molecule has 6 nitrogen and oxygen atoms in total. The van der Waals surface area contributed by atoms with Crippen LogP contribution in [-0.4, -0.2) is 15.9 Å². The lowest BCUT2D eigenvalue weighted by Crippen LogP contribution is -2.20. The van der Waals surface area contributed by atoms with Crippen molar-refractivity contribution in [3.8, 4) is 0 Å². The second kappa shape index (κ2) is 6.69. The first kappa shape index (κ1) is 18.2. The third-order valence-electron chi connectivity index (χ3n) is 5.13. The highest BCUT2D eigenvalue weighted by Crippen LogP contribution is 2.35. The maximum absolute atomic E-state index is 12.9. The van der Waals surface area contributed by atoms with Crippen LogP contribution >= 0.6 is 22.7 Å². The number of fused-ring (bicyclic) bond motifs is 6. The van der Waals surface area contributed by atoms with Gasteiger partial charge >= 0.3 is 5.63 Å².